The van der Waals surface area contributed by atoms with E-state index in [4.69, 9.17) is 19.6 Å². The number of pyridine rings is 1. The lowest BCUT2D eigenvalue weighted by molar-refractivity contribution is -0.139. The van der Waals surface area contributed by atoms with Crippen molar-refractivity contribution in [3.8, 4) is 22.6 Å². The highest BCUT2D eigenvalue weighted by atomic mass is 19.1. The van der Waals surface area contributed by atoms with Crippen LogP contribution in [0, 0.1) is 5.82 Å². The van der Waals surface area contributed by atoms with E-state index in [1.54, 1.807) is 18.2 Å². The molecular weight excluding hydrogens is 441 g/mol. The van der Waals surface area contributed by atoms with Crippen molar-refractivity contribution in [2.24, 2.45) is 0 Å². The first-order valence-electron chi connectivity index (χ1n) is 11.0. The molecule has 8 heteroatoms. The zero-order chi connectivity index (χ0) is 24.4. The normalized spacial score (nSPS) is 14.8. The number of carbonyl (C=O) groups is 1. The maximum absolute atomic E-state index is 13.7. The molecule has 0 radical (unpaired) electrons. The van der Waals surface area contributed by atoms with Gasteiger partial charge in [0.1, 0.15) is 5.82 Å². The van der Waals surface area contributed by atoms with Crippen LogP contribution >= 0.6 is 0 Å². The van der Waals surface area contributed by atoms with E-state index in [0.29, 0.717) is 17.0 Å². The van der Waals surface area contributed by atoms with Crippen LogP contribution in [0.15, 0.2) is 42.5 Å². The van der Waals surface area contributed by atoms with Gasteiger partial charge in [0.2, 0.25) is 6.79 Å². The van der Waals surface area contributed by atoms with Crippen LogP contribution in [0.3, 0.4) is 0 Å². The first kappa shape index (κ1) is 23.7. The fraction of sp³-hybridized carbons (Fsp3) is 0.308. The second-order valence-electron chi connectivity index (χ2n) is 8.58. The maximum atomic E-state index is 13.7. The van der Waals surface area contributed by atoms with Gasteiger partial charge in [-0.05, 0) is 29.7 Å². The number of nitrogens with zero attached hydrogens (tertiary/aromatic N) is 1. The van der Waals surface area contributed by atoms with Gasteiger partial charge in [-0.2, -0.15) is 0 Å². The van der Waals surface area contributed by atoms with E-state index in [1.165, 1.54) is 18.2 Å². The molecule has 1 aliphatic rings. The van der Waals surface area contributed by atoms with Gasteiger partial charge in [-0.15, -0.1) is 0 Å². The average Bonchev–Trinajstić information content (AvgIpc) is 3.22. The van der Waals surface area contributed by atoms with Crippen LogP contribution in [0.2, 0.25) is 0 Å². The summed E-state index contributed by atoms with van der Waals surface area (Å²) in [5.41, 5.74) is 3.75. The number of halogens is 1. The summed E-state index contributed by atoms with van der Waals surface area (Å²) in [4.78, 5) is 15.7. The number of carboxylic acid groups (broad SMARTS) is 1. The number of aliphatic hydroxyl groups excluding tert-OH is 2. The van der Waals surface area contributed by atoms with Gasteiger partial charge in [-0.3, -0.25) is 9.78 Å². The molecule has 0 spiro atoms. The van der Waals surface area contributed by atoms with E-state index < -0.39 is 24.6 Å². The Morgan fingerprint density at radius 3 is 2.47 bits per heavy atom. The lowest BCUT2D eigenvalue weighted by Gasteiger charge is -2.18. The molecule has 0 saturated heterocycles. The van der Waals surface area contributed by atoms with Crippen LogP contribution in [0.25, 0.3) is 28.1 Å². The average molecular weight is 467 g/mol. The van der Waals surface area contributed by atoms with Crippen molar-refractivity contribution >= 4 is 22.9 Å². The number of aliphatic hydroxyl groups is 2. The Balaban J connectivity index is 1.87. The topological polar surface area (TPSA) is 109 Å². The number of ether oxygens (including phenoxy) is 2. The third-order valence-corrected chi connectivity index (χ3v) is 5.64. The van der Waals surface area contributed by atoms with E-state index in [0.717, 1.165) is 27.8 Å². The number of carboxylic acids is 1. The fourth-order valence-corrected chi connectivity index (χ4v) is 4.07. The quantitative estimate of drug-likeness (QED) is 0.448. The SMILES string of the molecule is CC(C)c1nc2cc3c(cc2c(-c2ccc(F)cc2)c1C=CC(O)CC(O)CC(=O)O)OCO3. The summed E-state index contributed by atoms with van der Waals surface area (Å²) in [7, 11) is 0. The molecule has 34 heavy (non-hydrogen) atoms. The molecular formula is C26H26FNO6. The number of hydrogen-bond acceptors (Lipinski definition) is 6. The Labute approximate surface area is 196 Å². The van der Waals surface area contributed by atoms with Crippen molar-refractivity contribution < 1.29 is 34.0 Å². The van der Waals surface area contributed by atoms with Crippen LogP contribution in [0.5, 0.6) is 11.5 Å². The number of aromatic nitrogens is 1. The predicted octanol–water partition coefficient (Wildman–Crippen LogP) is 4.49. The second-order valence-corrected chi connectivity index (χ2v) is 8.58. The Hall–Kier alpha value is -3.49. The zero-order valence-corrected chi connectivity index (χ0v) is 18.9. The van der Waals surface area contributed by atoms with E-state index >= 15 is 0 Å². The largest absolute Gasteiger partial charge is 0.481 e. The Morgan fingerprint density at radius 2 is 1.82 bits per heavy atom. The highest BCUT2D eigenvalue weighted by Crippen LogP contribution is 2.42. The summed E-state index contributed by atoms with van der Waals surface area (Å²) in [5, 5.41) is 29.9. The minimum absolute atomic E-state index is 0.0171. The van der Waals surface area contributed by atoms with Crippen molar-refractivity contribution in [1.29, 1.82) is 0 Å². The number of fused-ring (bicyclic) bond motifs is 2. The summed E-state index contributed by atoms with van der Waals surface area (Å²) in [5.74, 6) is -0.290. The molecule has 1 aromatic heterocycles. The number of hydrogen-bond donors (Lipinski definition) is 3. The third kappa shape index (κ3) is 5.03. The van der Waals surface area contributed by atoms with E-state index in [9.17, 15) is 19.4 Å². The van der Waals surface area contributed by atoms with Crippen LogP contribution in [-0.4, -0.2) is 45.3 Å². The van der Waals surface area contributed by atoms with E-state index in [2.05, 4.69) is 0 Å². The minimum atomic E-state index is -1.17. The fourth-order valence-electron chi connectivity index (χ4n) is 4.07. The summed E-state index contributed by atoms with van der Waals surface area (Å²) in [6.07, 6.45) is 0.429. The van der Waals surface area contributed by atoms with Crippen LogP contribution < -0.4 is 9.47 Å². The maximum Gasteiger partial charge on any atom is 0.305 e. The van der Waals surface area contributed by atoms with Crippen LogP contribution in [0.1, 0.15) is 43.9 Å². The van der Waals surface area contributed by atoms with Gasteiger partial charge in [-0.1, -0.05) is 38.1 Å². The highest BCUT2D eigenvalue weighted by Gasteiger charge is 2.22. The molecule has 0 aliphatic carbocycles. The molecule has 7 nitrogen and oxygen atoms in total. The standard InChI is InChI=1S/C26H26FNO6/c1-14(2)26-19(8-7-17(29)9-18(30)10-24(31)32)25(15-3-5-16(27)6-4-15)20-11-22-23(34-13-33-22)12-21(20)28-26/h3-8,11-12,14,17-18,29-30H,9-10,13H2,1-2H3,(H,31,32). The van der Waals surface area contributed by atoms with Crippen LogP contribution in [0.4, 0.5) is 4.39 Å². The molecule has 0 bridgehead atoms. The van der Waals surface area contributed by atoms with Crippen molar-refractivity contribution in [2.75, 3.05) is 6.79 Å². The van der Waals surface area contributed by atoms with Crippen LogP contribution in [-0.2, 0) is 4.79 Å². The smallest absolute Gasteiger partial charge is 0.305 e. The highest BCUT2D eigenvalue weighted by molar-refractivity contribution is 6.01. The molecule has 2 atom stereocenters. The molecule has 3 N–H and O–H groups in total. The molecule has 2 unspecified atom stereocenters. The second kappa shape index (κ2) is 9.79. The van der Waals surface area contributed by atoms with Crippen molar-refractivity contribution in [2.45, 2.75) is 44.8 Å². The molecule has 0 amide bonds. The summed E-state index contributed by atoms with van der Waals surface area (Å²) < 4.78 is 24.8. The molecule has 0 saturated carbocycles. The van der Waals surface area contributed by atoms with E-state index in [-0.39, 0.29) is 24.9 Å². The molecule has 2 heterocycles. The third-order valence-electron chi connectivity index (χ3n) is 5.64. The lowest BCUT2D eigenvalue weighted by Crippen LogP contribution is -2.19. The minimum Gasteiger partial charge on any atom is -0.481 e. The Morgan fingerprint density at radius 1 is 1.15 bits per heavy atom. The molecule has 1 aliphatic heterocycles. The van der Waals surface area contributed by atoms with E-state index in [1.807, 2.05) is 26.0 Å². The lowest BCUT2D eigenvalue weighted by atomic mass is 9.90. The molecule has 178 valence electrons. The molecule has 2 aromatic carbocycles. The summed E-state index contributed by atoms with van der Waals surface area (Å²) in [6, 6.07) is 9.80. The van der Waals surface area contributed by atoms with Gasteiger partial charge in [0, 0.05) is 29.0 Å². The Kier molecular flexibility index (Phi) is 6.81. The first-order valence-corrected chi connectivity index (χ1v) is 11.0. The van der Waals surface area contributed by atoms with Gasteiger partial charge in [-0.25, -0.2) is 4.39 Å². The van der Waals surface area contributed by atoms with Crippen molar-refractivity contribution in [3.63, 3.8) is 0 Å². The molecule has 3 aromatic rings. The summed E-state index contributed by atoms with van der Waals surface area (Å²) >= 11 is 0. The van der Waals surface area contributed by atoms with Gasteiger partial charge in [0.15, 0.2) is 11.5 Å². The van der Waals surface area contributed by atoms with Gasteiger partial charge < -0.3 is 24.8 Å². The number of aliphatic carboxylic acids is 1. The Bertz CT molecular complexity index is 1240. The number of rotatable bonds is 8. The summed E-state index contributed by atoms with van der Waals surface area (Å²) in [6.45, 7) is 4.12. The predicted molar refractivity (Wildman–Crippen MR) is 125 cm³/mol. The van der Waals surface area contributed by atoms with Crippen molar-refractivity contribution in [1.82, 2.24) is 4.98 Å². The molecule has 0 fully saturated rings. The zero-order valence-electron chi connectivity index (χ0n) is 18.9. The van der Waals surface area contributed by atoms with Gasteiger partial charge in [0.25, 0.3) is 0 Å². The van der Waals surface area contributed by atoms with Gasteiger partial charge >= 0.3 is 5.97 Å². The number of benzene rings is 2. The first-order chi connectivity index (χ1) is 16.2. The van der Waals surface area contributed by atoms with Crippen molar-refractivity contribution in [3.05, 3.63) is 59.5 Å². The molecule has 4 rings (SSSR count). The monoisotopic (exact) mass is 467 g/mol. The van der Waals surface area contributed by atoms with Gasteiger partial charge in [0.05, 0.1) is 29.8 Å².